The summed E-state index contributed by atoms with van der Waals surface area (Å²) in [6.45, 7) is 2.83. The summed E-state index contributed by atoms with van der Waals surface area (Å²) in [4.78, 5) is 14.3. The van der Waals surface area contributed by atoms with E-state index < -0.39 is 0 Å². The Labute approximate surface area is 128 Å². The zero-order valence-electron chi connectivity index (χ0n) is 11.9. The number of benzene rings is 1. The van der Waals surface area contributed by atoms with Gasteiger partial charge in [-0.25, -0.2) is 4.79 Å². The minimum atomic E-state index is -0.0744. The van der Waals surface area contributed by atoms with Gasteiger partial charge in [-0.1, -0.05) is 19.1 Å². The number of carbonyl (C=O) groups excluding carboxylic acids is 1. The van der Waals surface area contributed by atoms with E-state index in [-0.39, 0.29) is 11.4 Å². The maximum absolute atomic E-state index is 12.5. The molecule has 1 unspecified atom stereocenters. The van der Waals surface area contributed by atoms with E-state index in [1.54, 1.807) is 18.0 Å². The number of amides is 2. The molecule has 0 radical (unpaired) electrons. The lowest BCUT2D eigenvalue weighted by Gasteiger charge is -2.22. The summed E-state index contributed by atoms with van der Waals surface area (Å²) in [7, 11) is 0. The first-order valence-corrected chi connectivity index (χ1v) is 8.14. The van der Waals surface area contributed by atoms with Crippen molar-refractivity contribution in [2.45, 2.75) is 18.7 Å². The Bertz CT molecular complexity index is 612. The Balaban J connectivity index is 1.72. The van der Waals surface area contributed by atoms with Crippen LogP contribution >= 0.6 is 11.8 Å². The standard InChI is InChI=1S/C16H18N2O2S/c1-2-12-5-3-6-13(11-12)17-16(19)18-8-10-21-15(18)14-7-4-9-20-14/h3-7,9,11,15H,2,8,10H2,1H3,(H,17,19). The van der Waals surface area contributed by atoms with Crippen LogP contribution in [0.1, 0.15) is 23.6 Å². The van der Waals surface area contributed by atoms with Crippen LogP contribution < -0.4 is 5.32 Å². The molecular formula is C16H18N2O2S. The molecule has 21 heavy (non-hydrogen) atoms. The molecule has 1 aliphatic rings. The van der Waals surface area contributed by atoms with Gasteiger partial charge in [0.15, 0.2) is 0 Å². The van der Waals surface area contributed by atoms with Gasteiger partial charge in [0.25, 0.3) is 0 Å². The van der Waals surface area contributed by atoms with Crippen molar-refractivity contribution in [3.63, 3.8) is 0 Å². The normalized spacial score (nSPS) is 18.0. The van der Waals surface area contributed by atoms with Gasteiger partial charge in [-0.15, -0.1) is 11.8 Å². The Morgan fingerprint density at radius 2 is 2.33 bits per heavy atom. The molecule has 1 atom stereocenters. The Morgan fingerprint density at radius 1 is 1.43 bits per heavy atom. The van der Waals surface area contributed by atoms with Gasteiger partial charge in [-0.05, 0) is 36.2 Å². The van der Waals surface area contributed by atoms with Crippen LogP contribution in [0.4, 0.5) is 10.5 Å². The zero-order valence-corrected chi connectivity index (χ0v) is 12.7. The van der Waals surface area contributed by atoms with Crippen molar-refractivity contribution >= 4 is 23.5 Å². The van der Waals surface area contributed by atoms with E-state index in [0.29, 0.717) is 0 Å². The molecule has 0 aliphatic carbocycles. The molecule has 1 aliphatic heterocycles. The van der Waals surface area contributed by atoms with Crippen LogP contribution in [0.25, 0.3) is 0 Å². The highest BCUT2D eigenvalue weighted by molar-refractivity contribution is 7.99. The van der Waals surface area contributed by atoms with Gasteiger partial charge in [0.2, 0.25) is 0 Å². The summed E-state index contributed by atoms with van der Waals surface area (Å²) < 4.78 is 5.44. The van der Waals surface area contributed by atoms with E-state index in [0.717, 1.165) is 30.2 Å². The number of anilines is 1. The smallest absolute Gasteiger partial charge is 0.323 e. The summed E-state index contributed by atoms with van der Waals surface area (Å²) in [6, 6.07) is 11.7. The van der Waals surface area contributed by atoms with Crippen molar-refractivity contribution in [1.29, 1.82) is 0 Å². The molecular weight excluding hydrogens is 284 g/mol. The zero-order chi connectivity index (χ0) is 14.7. The second-order valence-corrected chi connectivity index (χ2v) is 6.10. The van der Waals surface area contributed by atoms with Gasteiger partial charge in [0, 0.05) is 18.0 Å². The number of hydrogen-bond acceptors (Lipinski definition) is 3. The maximum atomic E-state index is 12.5. The first-order chi connectivity index (χ1) is 10.3. The van der Waals surface area contributed by atoms with Gasteiger partial charge in [-0.3, -0.25) is 0 Å². The largest absolute Gasteiger partial charge is 0.466 e. The van der Waals surface area contributed by atoms with Crippen LogP contribution in [0.3, 0.4) is 0 Å². The van der Waals surface area contributed by atoms with E-state index in [2.05, 4.69) is 18.3 Å². The molecule has 1 N–H and O–H groups in total. The van der Waals surface area contributed by atoms with Gasteiger partial charge < -0.3 is 14.6 Å². The molecule has 2 aromatic rings. The van der Waals surface area contributed by atoms with Crippen LogP contribution in [-0.4, -0.2) is 23.2 Å². The number of rotatable bonds is 3. The van der Waals surface area contributed by atoms with Crippen LogP contribution in [0.2, 0.25) is 0 Å². The molecule has 1 fully saturated rings. The molecule has 0 bridgehead atoms. The molecule has 2 amide bonds. The lowest BCUT2D eigenvalue weighted by molar-refractivity contribution is 0.210. The van der Waals surface area contributed by atoms with E-state index in [1.165, 1.54) is 5.56 Å². The lowest BCUT2D eigenvalue weighted by atomic mass is 10.1. The third kappa shape index (κ3) is 3.08. The molecule has 1 saturated heterocycles. The Morgan fingerprint density at radius 3 is 3.10 bits per heavy atom. The topological polar surface area (TPSA) is 45.5 Å². The van der Waals surface area contributed by atoms with E-state index >= 15 is 0 Å². The van der Waals surface area contributed by atoms with Crippen LogP contribution in [0, 0.1) is 0 Å². The monoisotopic (exact) mass is 302 g/mol. The molecule has 0 spiro atoms. The summed E-state index contributed by atoms with van der Waals surface area (Å²) in [5.41, 5.74) is 2.06. The van der Waals surface area contributed by atoms with Gasteiger partial charge >= 0.3 is 6.03 Å². The van der Waals surface area contributed by atoms with Gasteiger partial charge in [0.05, 0.1) is 6.26 Å². The molecule has 2 heterocycles. The molecule has 1 aromatic carbocycles. The number of furan rings is 1. The molecule has 1 aromatic heterocycles. The summed E-state index contributed by atoms with van der Waals surface area (Å²) in [5, 5.41) is 2.95. The second kappa shape index (κ2) is 6.26. The minimum Gasteiger partial charge on any atom is -0.466 e. The predicted octanol–water partition coefficient (Wildman–Crippen LogP) is 4.12. The average Bonchev–Trinajstić information content (AvgIpc) is 3.18. The first kappa shape index (κ1) is 14.1. The van der Waals surface area contributed by atoms with E-state index in [1.807, 2.05) is 35.2 Å². The van der Waals surface area contributed by atoms with Crippen LogP contribution in [0.15, 0.2) is 47.1 Å². The van der Waals surface area contributed by atoms with Crippen molar-refractivity contribution in [3.8, 4) is 0 Å². The number of thioether (sulfide) groups is 1. The third-order valence-corrected chi connectivity index (χ3v) is 4.75. The maximum Gasteiger partial charge on any atom is 0.323 e. The predicted molar refractivity (Wildman–Crippen MR) is 85.5 cm³/mol. The quantitative estimate of drug-likeness (QED) is 0.927. The van der Waals surface area contributed by atoms with Crippen molar-refractivity contribution in [1.82, 2.24) is 4.90 Å². The highest BCUT2D eigenvalue weighted by Crippen LogP contribution is 2.38. The fraction of sp³-hybridized carbons (Fsp3) is 0.312. The average molecular weight is 302 g/mol. The summed E-state index contributed by atoms with van der Waals surface area (Å²) in [5.74, 6) is 1.75. The van der Waals surface area contributed by atoms with E-state index in [9.17, 15) is 4.79 Å². The highest BCUT2D eigenvalue weighted by Gasteiger charge is 2.32. The van der Waals surface area contributed by atoms with Crippen molar-refractivity contribution in [3.05, 3.63) is 54.0 Å². The number of nitrogens with zero attached hydrogens (tertiary/aromatic N) is 1. The third-order valence-electron chi connectivity index (χ3n) is 3.52. The van der Waals surface area contributed by atoms with Crippen LogP contribution in [0.5, 0.6) is 0 Å². The molecule has 3 rings (SSSR count). The van der Waals surface area contributed by atoms with Crippen LogP contribution in [-0.2, 0) is 6.42 Å². The minimum absolute atomic E-state index is 0.0330. The summed E-state index contributed by atoms with van der Waals surface area (Å²) >= 11 is 1.73. The molecule has 0 saturated carbocycles. The number of carbonyl (C=O) groups is 1. The van der Waals surface area contributed by atoms with E-state index in [4.69, 9.17) is 4.42 Å². The van der Waals surface area contributed by atoms with Gasteiger partial charge in [0.1, 0.15) is 11.1 Å². The first-order valence-electron chi connectivity index (χ1n) is 7.09. The number of hydrogen-bond donors (Lipinski definition) is 1. The SMILES string of the molecule is CCc1cccc(NC(=O)N2CCSC2c2ccco2)c1. The fourth-order valence-electron chi connectivity index (χ4n) is 2.41. The lowest BCUT2D eigenvalue weighted by Crippen LogP contribution is -2.34. The number of aryl methyl sites for hydroxylation is 1. The Kier molecular flexibility index (Phi) is 4.20. The highest BCUT2D eigenvalue weighted by atomic mass is 32.2. The fourth-order valence-corrected chi connectivity index (χ4v) is 3.61. The number of urea groups is 1. The van der Waals surface area contributed by atoms with Crippen molar-refractivity contribution < 1.29 is 9.21 Å². The number of nitrogens with one attached hydrogen (secondary N) is 1. The molecule has 4 nitrogen and oxygen atoms in total. The summed E-state index contributed by atoms with van der Waals surface area (Å²) in [6.07, 6.45) is 2.60. The molecule has 110 valence electrons. The van der Waals surface area contributed by atoms with Crippen molar-refractivity contribution in [2.24, 2.45) is 0 Å². The molecule has 5 heteroatoms. The Hall–Kier alpha value is -1.88. The van der Waals surface area contributed by atoms with Crippen molar-refractivity contribution in [2.75, 3.05) is 17.6 Å². The van der Waals surface area contributed by atoms with Gasteiger partial charge in [-0.2, -0.15) is 0 Å². The second-order valence-electron chi connectivity index (χ2n) is 4.92.